The van der Waals surface area contributed by atoms with Crippen molar-refractivity contribution < 1.29 is 0 Å². The predicted molar refractivity (Wildman–Crippen MR) is 67.6 cm³/mol. The number of fused-ring (bicyclic) bond motifs is 1. The second-order valence-electron chi connectivity index (χ2n) is 3.51. The second-order valence-corrected chi connectivity index (χ2v) is 4.42. The van der Waals surface area contributed by atoms with Crippen LogP contribution < -0.4 is 10.9 Å². The van der Waals surface area contributed by atoms with Gasteiger partial charge in [0.15, 0.2) is 0 Å². The van der Waals surface area contributed by atoms with E-state index >= 15 is 0 Å². The fourth-order valence-electron chi connectivity index (χ4n) is 1.52. The summed E-state index contributed by atoms with van der Waals surface area (Å²) in [5, 5.41) is 3.66. The summed E-state index contributed by atoms with van der Waals surface area (Å²) in [6.45, 7) is 1.39. The lowest BCUT2D eigenvalue weighted by Gasteiger charge is -2.05. The first-order valence-corrected chi connectivity index (χ1v) is 5.81. The standard InChI is InChI=1S/C11H12BrN3O/c1-13-4-5-15-7-14-10-6-8(12)2-3-9(10)11(15)16/h2-3,6-7,13H,4-5H2,1H3. The molecule has 2 rings (SSSR count). The number of likely N-dealkylation sites (N-methyl/N-ethyl adjacent to an activating group) is 1. The molecule has 0 fully saturated rings. The zero-order valence-corrected chi connectivity index (χ0v) is 10.5. The molecule has 0 aliphatic rings. The minimum absolute atomic E-state index is 0.00718. The van der Waals surface area contributed by atoms with E-state index in [-0.39, 0.29) is 5.56 Å². The first kappa shape index (κ1) is 11.3. The van der Waals surface area contributed by atoms with E-state index in [1.54, 1.807) is 17.0 Å². The zero-order chi connectivity index (χ0) is 11.5. The average molecular weight is 282 g/mol. The third kappa shape index (κ3) is 2.15. The first-order chi connectivity index (χ1) is 7.72. The number of nitrogens with zero attached hydrogens (tertiary/aromatic N) is 2. The van der Waals surface area contributed by atoms with Gasteiger partial charge in [-0.3, -0.25) is 9.36 Å². The van der Waals surface area contributed by atoms with E-state index in [0.29, 0.717) is 11.9 Å². The van der Waals surface area contributed by atoms with E-state index in [0.717, 1.165) is 16.5 Å². The Balaban J connectivity index is 2.53. The molecule has 0 aliphatic heterocycles. The van der Waals surface area contributed by atoms with Crippen molar-refractivity contribution in [3.05, 3.63) is 39.4 Å². The number of rotatable bonds is 3. The van der Waals surface area contributed by atoms with Crippen molar-refractivity contribution >= 4 is 26.8 Å². The van der Waals surface area contributed by atoms with Gasteiger partial charge in [-0.1, -0.05) is 15.9 Å². The lowest BCUT2D eigenvalue weighted by molar-refractivity contribution is 0.621. The van der Waals surface area contributed by atoms with Gasteiger partial charge in [-0.2, -0.15) is 0 Å². The number of hydrogen-bond acceptors (Lipinski definition) is 3. The Hall–Kier alpha value is -1.20. The first-order valence-electron chi connectivity index (χ1n) is 5.01. The Labute approximate surface area is 101 Å². The molecule has 1 N–H and O–H groups in total. The van der Waals surface area contributed by atoms with Crippen molar-refractivity contribution in [2.45, 2.75) is 6.54 Å². The summed E-state index contributed by atoms with van der Waals surface area (Å²) in [5.41, 5.74) is 0.729. The topological polar surface area (TPSA) is 46.9 Å². The Bertz CT molecular complexity index is 565. The molecule has 1 aromatic carbocycles. The maximum atomic E-state index is 12.0. The van der Waals surface area contributed by atoms with E-state index in [4.69, 9.17) is 0 Å². The highest BCUT2D eigenvalue weighted by molar-refractivity contribution is 9.10. The van der Waals surface area contributed by atoms with Crippen LogP contribution in [0.5, 0.6) is 0 Å². The molecule has 0 saturated heterocycles. The Kier molecular flexibility index (Phi) is 3.36. The summed E-state index contributed by atoms with van der Waals surface area (Å²) in [5.74, 6) is 0. The van der Waals surface area contributed by atoms with Crippen molar-refractivity contribution in [2.24, 2.45) is 0 Å². The largest absolute Gasteiger partial charge is 0.318 e. The molecule has 1 heterocycles. The molecule has 0 amide bonds. The highest BCUT2D eigenvalue weighted by Crippen LogP contribution is 2.14. The van der Waals surface area contributed by atoms with E-state index in [1.807, 2.05) is 19.2 Å². The van der Waals surface area contributed by atoms with E-state index < -0.39 is 0 Å². The van der Waals surface area contributed by atoms with Gasteiger partial charge in [0.2, 0.25) is 0 Å². The molecule has 0 atom stereocenters. The Morgan fingerprint density at radius 1 is 1.50 bits per heavy atom. The van der Waals surface area contributed by atoms with Crippen LogP contribution in [0.25, 0.3) is 10.9 Å². The molecule has 0 radical (unpaired) electrons. The molecule has 1 aromatic heterocycles. The van der Waals surface area contributed by atoms with Gasteiger partial charge in [-0.05, 0) is 25.2 Å². The van der Waals surface area contributed by atoms with E-state index in [2.05, 4.69) is 26.2 Å². The summed E-state index contributed by atoms with van der Waals surface area (Å²) in [4.78, 5) is 16.3. The molecular formula is C11H12BrN3O. The van der Waals surface area contributed by atoms with Crippen LogP contribution in [0.15, 0.2) is 33.8 Å². The third-order valence-corrected chi connectivity index (χ3v) is 2.88. The van der Waals surface area contributed by atoms with Gasteiger partial charge in [0.05, 0.1) is 17.2 Å². The zero-order valence-electron chi connectivity index (χ0n) is 8.90. The van der Waals surface area contributed by atoms with Crippen LogP contribution in [0.1, 0.15) is 0 Å². The Morgan fingerprint density at radius 2 is 2.31 bits per heavy atom. The van der Waals surface area contributed by atoms with Gasteiger partial charge in [-0.25, -0.2) is 4.98 Å². The van der Waals surface area contributed by atoms with Gasteiger partial charge in [0.1, 0.15) is 0 Å². The summed E-state index contributed by atoms with van der Waals surface area (Å²) >= 11 is 3.36. The molecule has 2 aromatic rings. The van der Waals surface area contributed by atoms with Crippen LogP contribution in [0, 0.1) is 0 Å². The second kappa shape index (κ2) is 4.76. The fraction of sp³-hybridized carbons (Fsp3) is 0.273. The van der Waals surface area contributed by atoms with Gasteiger partial charge in [-0.15, -0.1) is 0 Å². The molecule has 84 valence electrons. The lowest BCUT2D eigenvalue weighted by atomic mass is 10.2. The Morgan fingerprint density at radius 3 is 3.06 bits per heavy atom. The van der Waals surface area contributed by atoms with Crippen molar-refractivity contribution in [3.8, 4) is 0 Å². The van der Waals surface area contributed by atoms with Gasteiger partial charge in [0, 0.05) is 17.6 Å². The molecular weight excluding hydrogens is 270 g/mol. The van der Waals surface area contributed by atoms with E-state index in [9.17, 15) is 4.79 Å². The summed E-state index contributed by atoms with van der Waals surface area (Å²) in [7, 11) is 1.86. The molecule has 0 spiro atoms. The number of nitrogens with one attached hydrogen (secondary N) is 1. The molecule has 16 heavy (non-hydrogen) atoms. The summed E-state index contributed by atoms with van der Waals surface area (Å²) in [6, 6.07) is 5.50. The normalized spacial score (nSPS) is 10.9. The number of halogens is 1. The van der Waals surface area contributed by atoms with Crippen molar-refractivity contribution in [1.82, 2.24) is 14.9 Å². The van der Waals surface area contributed by atoms with Crippen LogP contribution in [-0.4, -0.2) is 23.1 Å². The molecule has 4 nitrogen and oxygen atoms in total. The number of aromatic nitrogens is 2. The molecule has 0 saturated carbocycles. The molecule has 0 unspecified atom stereocenters. The fourth-order valence-corrected chi connectivity index (χ4v) is 1.87. The van der Waals surface area contributed by atoms with Gasteiger partial charge in [0.25, 0.3) is 5.56 Å². The van der Waals surface area contributed by atoms with Crippen molar-refractivity contribution in [1.29, 1.82) is 0 Å². The smallest absolute Gasteiger partial charge is 0.261 e. The van der Waals surface area contributed by atoms with E-state index in [1.165, 1.54) is 0 Å². The molecule has 0 aliphatic carbocycles. The van der Waals surface area contributed by atoms with Crippen LogP contribution >= 0.6 is 15.9 Å². The highest BCUT2D eigenvalue weighted by Gasteiger charge is 2.03. The predicted octanol–water partition coefficient (Wildman–Crippen LogP) is 1.38. The van der Waals surface area contributed by atoms with Crippen LogP contribution in [0.2, 0.25) is 0 Å². The van der Waals surface area contributed by atoms with Crippen LogP contribution in [0.4, 0.5) is 0 Å². The average Bonchev–Trinajstić information content (AvgIpc) is 2.28. The summed E-state index contributed by atoms with van der Waals surface area (Å²) < 4.78 is 2.55. The maximum Gasteiger partial charge on any atom is 0.261 e. The maximum absolute atomic E-state index is 12.0. The quantitative estimate of drug-likeness (QED) is 0.925. The molecule has 0 bridgehead atoms. The number of benzene rings is 1. The van der Waals surface area contributed by atoms with Crippen LogP contribution in [-0.2, 0) is 6.54 Å². The highest BCUT2D eigenvalue weighted by atomic mass is 79.9. The monoisotopic (exact) mass is 281 g/mol. The van der Waals surface area contributed by atoms with Crippen LogP contribution in [0.3, 0.4) is 0 Å². The summed E-state index contributed by atoms with van der Waals surface area (Å²) in [6.07, 6.45) is 1.59. The number of hydrogen-bond donors (Lipinski definition) is 1. The third-order valence-electron chi connectivity index (χ3n) is 2.39. The lowest BCUT2D eigenvalue weighted by Crippen LogP contribution is -2.25. The SMILES string of the molecule is CNCCn1cnc2cc(Br)ccc2c1=O. The molecule has 5 heteroatoms. The van der Waals surface area contributed by atoms with Gasteiger partial charge < -0.3 is 5.32 Å². The van der Waals surface area contributed by atoms with Crippen molar-refractivity contribution in [2.75, 3.05) is 13.6 Å². The minimum Gasteiger partial charge on any atom is -0.318 e. The van der Waals surface area contributed by atoms with Crippen molar-refractivity contribution in [3.63, 3.8) is 0 Å². The minimum atomic E-state index is 0.00718. The van der Waals surface area contributed by atoms with Gasteiger partial charge >= 0.3 is 0 Å².